The first-order valence-corrected chi connectivity index (χ1v) is 7.12. The summed E-state index contributed by atoms with van der Waals surface area (Å²) in [5.41, 5.74) is 0.433. The van der Waals surface area contributed by atoms with Crippen LogP contribution in [0.4, 0.5) is 5.69 Å². The molecule has 0 aliphatic carbocycles. The maximum absolute atomic E-state index is 11.4. The Labute approximate surface area is 141 Å². The largest absolute Gasteiger partial charge is 0.496 e. The van der Waals surface area contributed by atoms with Crippen molar-refractivity contribution >= 4 is 22.6 Å². The molecule has 0 bridgehead atoms. The number of hydrogen-bond donors (Lipinski definition) is 1. The molecule has 0 atom stereocenters. The van der Waals surface area contributed by atoms with Crippen LogP contribution in [0.2, 0.25) is 0 Å². The van der Waals surface area contributed by atoms with E-state index in [2.05, 4.69) is 4.98 Å². The van der Waals surface area contributed by atoms with Gasteiger partial charge in [-0.2, -0.15) is 0 Å². The number of pyridine rings is 1. The Kier molecular flexibility index (Phi) is 4.17. The normalized spacial score (nSPS) is 10.4. The Hall–Kier alpha value is -3.68. The van der Waals surface area contributed by atoms with Crippen LogP contribution in [-0.4, -0.2) is 28.1 Å². The Bertz CT molecular complexity index is 969. The molecule has 3 rings (SSSR count). The van der Waals surface area contributed by atoms with Gasteiger partial charge < -0.3 is 14.6 Å². The van der Waals surface area contributed by atoms with Gasteiger partial charge in [0.25, 0.3) is 5.69 Å². The third-order valence-electron chi connectivity index (χ3n) is 3.53. The molecule has 0 unspecified atom stereocenters. The summed E-state index contributed by atoms with van der Waals surface area (Å²) in [6, 6.07) is 10.1. The first kappa shape index (κ1) is 16.2. The van der Waals surface area contributed by atoms with Gasteiger partial charge in [-0.1, -0.05) is 0 Å². The van der Waals surface area contributed by atoms with Crippen molar-refractivity contribution in [2.24, 2.45) is 0 Å². The fraction of sp³-hybridized carbons (Fsp3) is 0.0588. The quantitative estimate of drug-likeness (QED) is 0.557. The van der Waals surface area contributed by atoms with Crippen LogP contribution < -0.4 is 9.47 Å². The van der Waals surface area contributed by atoms with Crippen molar-refractivity contribution in [3.8, 4) is 17.2 Å². The molecule has 8 heteroatoms. The van der Waals surface area contributed by atoms with Gasteiger partial charge in [0, 0.05) is 29.8 Å². The topological polar surface area (TPSA) is 112 Å². The molecule has 1 aromatic heterocycles. The Morgan fingerprint density at radius 3 is 2.48 bits per heavy atom. The van der Waals surface area contributed by atoms with Crippen molar-refractivity contribution in [2.45, 2.75) is 0 Å². The minimum atomic E-state index is -1.14. The highest BCUT2D eigenvalue weighted by molar-refractivity contribution is 5.98. The lowest BCUT2D eigenvalue weighted by molar-refractivity contribution is -0.384. The highest BCUT2D eigenvalue weighted by atomic mass is 16.6. The summed E-state index contributed by atoms with van der Waals surface area (Å²) >= 11 is 0. The monoisotopic (exact) mass is 340 g/mol. The maximum atomic E-state index is 11.4. The van der Waals surface area contributed by atoms with Gasteiger partial charge in [0.15, 0.2) is 0 Å². The molecule has 0 aliphatic rings. The Balaban J connectivity index is 2.05. The minimum absolute atomic E-state index is 0.0171. The van der Waals surface area contributed by atoms with Crippen LogP contribution in [0.1, 0.15) is 10.4 Å². The fourth-order valence-electron chi connectivity index (χ4n) is 2.34. The lowest BCUT2D eigenvalue weighted by Gasteiger charge is -2.11. The van der Waals surface area contributed by atoms with Gasteiger partial charge in [0.05, 0.1) is 17.5 Å². The van der Waals surface area contributed by atoms with Gasteiger partial charge in [-0.3, -0.25) is 15.1 Å². The van der Waals surface area contributed by atoms with Gasteiger partial charge in [0.1, 0.15) is 22.8 Å². The number of nitro groups is 1. The number of fused-ring (bicyclic) bond motifs is 1. The third-order valence-corrected chi connectivity index (χ3v) is 3.53. The summed E-state index contributed by atoms with van der Waals surface area (Å²) < 4.78 is 10.8. The minimum Gasteiger partial charge on any atom is -0.496 e. The summed E-state index contributed by atoms with van der Waals surface area (Å²) in [6.07, 6.45) is 1.52. The molecule has 3 aromatic rings. The van der Waals surface area contributed by atoms with Crippen LogP contribution in [-0.2, 0) is 0 Å². The van der Waals surface area contributed by atoms with Gasteiger partial charge in [-0.15, -0.1) is 0 Å². The van der Waals surface area contributed by atoms with Crippen molar-refractivity contribution in [1.29, 1.82) is 0 Å². The molecule has 1 heterocycles. The highest BCUT2D eigenvalue weighted by Crippen LogP contribution is 2.33. The van der Waals surface area contributed by atoms with Crippen molar-refractivity contribution in [2.75, 3.05) is 7.11 Å². The molecule has 0 fully saturated rings. The SMILES string of the molecule is COc1cc2nccc(Oc3ccc([N+](=O)[O-])cc3)c2cc1C(=O)O. The third kappa shape index (κ3) is 3.18. The lowest BCUT2D eigenvalue weighted by Crippen LogP contribution is -2.01. The van der Waals surface area contributed by atoms with E-state index < -0.39 is 10.9 Å². The number of nitrogens with zero attached hydrogens (tertiary/aromatic N) is 2. The number of rotatable bonds is 5. The number of benzene rings is 2. The van der Waals surface area contributed by atoms with Crippen LogP contribution in [0, 0.1) is 10.1 Å². The van der Waals surface area contributed by atoms with E-state index >= 15 is 0 Å². The number of carbonyl (C=O) groups is 1. The van der Waals surface area contributed by atoms with E-state index in [4.69, 9.17) is 9.47 Å². The fourth-order valence-corrected chi connectivity index (χ4v) is 2.34. The van der Waals surface area contributed by atoms with Crippen molar-refractivity contribution < 1.29 is 24.3 Å². The average Bonchev–Trinajstić information content (AvgIpc) is 2.61. The molecule has 8 nitrogen and oxygen atoms in total. The zero-order valence-corrected chi connectivity index (χ0v) is 13.0. The molecule has 0 amide bonds. The van der Waals surface area contributed by atoms with Crippen LogP contribution in [0.15, 0.2) is 48.7 Å². The molecule has 0 radical (unpaired) electrons. The van der Waals surface area contributed by atoms with Crippen molar-refractivity contribution in [3.63, 3.8) is 0 Å². The number of methoxy groups -OCH3 is 1. The number of aromatic carboxylic acids is 1. The summed E-state index contributed by atoms with van der Waals surface area (Å²) in [6.45, 7) is 0. The molecule has 2 aromatic carbocycles. The molecular formula is C17H12N2O6. The first-order valence-electron chi connectivity index (χ1n) is 7.12. The van der Waals surface area contributed by atoms with E-state index in [-0.39, 0.29) is 17.0 Å². The number of carboxylic acid groups (broad SMARTS) is 1. The van der Waals surface area contributed by atoms with Crippen LogP contribution in [0.5, 0.6) is 17.2 Å². The van der Waals surface area contributed by atoms with Crippen LogP contribution in [0.25, 0.3) is 10.9 Å². The molecule has 0 spiro atoms. The summed E-state index contributed by atoms with van der Waals surface area (Å²) in [5.74, 6) is -0.182. The maximum Gasteiger partial charge on any atom is 0.339 e. The molecule has 0 aliphatic heterocycles. The van der Waals surface area contributed by atoms with Crippen molar-refractivity contribution in [3.05, 3.63) is 64.3 Å². The molecule has 0 saturated heterocycles. The van der Waals surface area contributed by atoms with E-state index in [1.807, 2.05) is 0 Å². The zero-order valence-electron chi connectivity index (χ0n) is 13.0. The number of ether oxygens (including phenoxy) is 2. The van der Waals surface area contributed by atoms with E-state index in [0.29, 0.717) is 22.4 Å². The van der Waals surface area contributed by atoms with Gasteiger partial charge in [-0.25, -0.2) is 4.79 Å². The lowest BCUT2D eigenvalue weighted by atomic mass is 10.1. The smallest absolute Gasteiger partial charge is 0.339 e. The summed E-state index contributed by atoms with van der Waals surface area (Å²) in [7, 11) is 1.38. The highest BCUT2D eigenvalue weighted by Gasteiger charge is 2.15. The zero-order chi connectivity index (χ0) is 18.0. The average molecular weight is 340 g/mol. The summed E-state index contributed by atoms with van der Waals surface area (Å²) in [5, 5.41) is 20.5. The molecular weight excluding hydrogens is 328 g/mol. The van der Waals surface area contributed by atoms with Crippen molar-refractivity contribution in [1.82, 2.24) is 4.98 Å². The predicted molar refractivity (Wildman–Crippen MR) is 88.4 cm³/mol. The number of non-ortho nitro benzene ring substituents is 1. The molecule has 126 valence electrons. The van der Waals surface area contributed by atoms with Crippen LogP contribution in [0.3, 0.4) is 0 Å². The van der Waals surface area contributed by atoms with E-state index in [9.17, 15) is 20.0 Å². The Morgan fingerprint density at radius 1 is 1.16 bits per heavy atom. The van der Waals surface area contributed by atoms with Gasteiger partial charge >= 0.3 is 5.97 Å². The summed E-state index contributed by atoms with van der Waals surface area (Å²) in [4.78, 5) is 25.8. The number of nitro benzene ring substituents is 1. The van der Waals surface area contributed by atoms with E-state index in [0.717, 1.165) is 0 Å². The van der Waals surface area contributed by atoms with Crippen LogP contribution >= 0.6 is 0 Å². The molecule has 0 saturated carbocycles. The Morgan fingerprint density at radius 2 is 1.88 bits per heavy atom. The van der Waals surface area contributed by atoms with E-state index in [1.54, 1.807) is 6.07 Å². The predicted octanol–water partition coefficient (Wildman–Crippen LogP) is 3.64. The number of carboxylic acids is 1. The second-order valence-corrected chi connectivity index (χ2v) is 5.04. The second kappa shape index (κ2) is 6.44. The number of hydrogen-bond acceptors (Lipinski definition) is 6. The first-order chi connectivity index (χ1) is 12.0. The molecule has 25 heavy (non-hydrogen) atoms. The second-order valence-electron chi connectivity index (χ2n) is 5.04. The van der Waals surface area contributed by atoms with Gasteiger partial charge in [0.2, 0.25) is 0 Å². The molecule has 1 N–H and O–H groups in total. The standard InChI is InChI=1S/C17H12N2O6/c1-24-16-9-14-12(8-13(16)17(20)21)15(6-7-18-14)25-11-4-2-10(3-5-11)19(22)23/h2-9H,1H3,(H,20,21). The van der Waals surface area contributed by atoms with E-state index in [1.165, 1.54) is 49.7 Å². The number of aromatic nitrogens is 1. The van der Waals surface area contributed by atoms with Gasteiger partial charge in [-0.05, 0) is 24.3 Å².